The largest absolute Gasteiger partial charge is 0.497 e. The fourth-order valence-corrected chi connectivity index (χ4v) is 2.31. The van der Waals surface area contributed by atoms with Crippen LogP contribution in [0.25, 0.3) is 0 Å². The Morgan fingerprint density at radius 3 is 2.28 bits per heavy atom. The summed E-state index contributed by atoms with van der Waals surface area (Å²) in [6, 6.07) is 20.2. The van der Waals surface area contributed by atoms with Gasteiger partial charge in [0, 0.05) is 29.1 Å². The first kappa shape index (κ1) is 16.4. The maximum Gasteiger partial charge on any atom is 0.271 e. The van der Waals surface area contributed by atoms with Gasteiger partial charge in [-0.15, -0.1) is 0 Å². The fraction of sp³-hybridized carbons (Fsp3) is 0.0500. The van der Waals surface area contributed by atoms with Gasteiger partial charge in [0.25, 0.3) is 5.91 Å². The van der Waals surface area contributed by atoms with Crippen molar-refractivity contribution in [1.29, 1.82) is 0 Å². The average molecular weight is 331 g/mol. The smallest absolute Gasteiger partial charge is 0.271 e. The van der Waals surface area contributed by atoms with Crippen LogP contribution in [0.5, 0.6) is 5.75 Å². The van der Waals surface area contributed by atoms with Crippen LogP contribution in [-0.4, -0.2) is 23.7 Å². The summed E-state index contributed by atoms with van der Waals surface area (Å²) in [5, 5.41) is 4.33. The van der Waals surface area contributed by atoms with Crippen LogP contribution in [0.2, 0.25) is 0 Å². The van der Waals surface area contributed by atoms with Gasteiger partial charge in [-0.1, -0.05) is 30.3 Å². The Balaban J connectivity index is 1.87. The van der Waals surface area contributed by atoms with E-state index in [2.05, 4.69) is 15.5 Å². The zero-order valence-corrected chi connectivity index (χ0v) is 13.7. The van der Waals surface area contributed by atoms with Crippen LogP contribution in [0.15, 0.2) is 84.2 Å². The lowest BCUT2D eigenvalue weighted by Gasteiger charge is -2.08. The number of carbonyl (C=O) groups excluding carboxylic acids is 1. The molecule has 0 bridgehead atoms. The third kappa shape index (κ3) is 4.09. The molecule has 0 aliphatic heterocycles. The molecule has 2 aromatic carbocycles. The molecule has 1 heterocycles. The van der Waals surface area contributed by atoms with Crippen molar-refractivity contribution in [2.75, 3.05) is 7.11 Å². The van der Waals surface area contributed by atoms with E-state index in [0.29, 0.717) is 17.0 Å². The molecule has 1 amide bonds. The second-order valence-electron chi connectivity index (χ2n) is 5.24. The minimum absolute atomic E-state index is 0.292. The van der Waals surface area contributed by atoms with Crippen LogP contribution in [0.3, 0.4) is 0 Å². The summed E-state index contributed by atoms with van der Waals surface area (Å²) in [6.07, 6.45) is 3.41. The number of pyridine rings is 1. The molecule has 0 aliphatic carbocycles. The number of hydrogen-bond acceptors (Lipinski definition) is 4. The molecule has 0 saturated heterocycles. The summed E-state index contributed by atoms with van der Waals surface area (Å²) in [4.78, 5) is 16.5. The summed E-state index contributed by atoms with van der Waals surface area (Å²) >= 11 is 0. The maximum absolute atomic E-state index is 12.3. The number of methoxy groups -OCH3 is 1. The molecule has 0 radical (unpaired) electrons. The van der Waals surface area contributed by atoms with Crippen LogP contribution in [-0.2, 0) is 0 Å². The summed E-state index contributed by atoms with van der Waals surface area (Å²) in [5.41, 5.74) is 5.48. The maximum atomic E-state index is 12.3. The second kappa shape index (κ2) is 7.88. The number of benzene rings is 2. The fourth-order valence-electron chi connectivity index (χ4n) is 2.31. The highest BCUT2D eigenvalue weighted by Gasteiger charge is 2.09. The van der Waals surface area contributed by atoms with Crippen molar-refractivity contribution in [2.45, 2.75) is 0 Å². The third-order valence-electron chi connectivity index (χ3n) is 3.60. The van der Waals surface area contributed by atoms with Gasteiger partial charge in [-0.25, -0.2) is 5.43 Å². The standard InChI is InChI=1S/C20H17N3O2/c1-25-18-11-9-16(10-12-18)20(24)23-22-19(15-6-3-2-4-7-15)17-8-5-13-21-14-17/h2-14H,1H3,(H,23,24). The van der Waals surface area contributed by atoms with Crippen LogP contribution in [0.1, 0.15) is 21.5 Å². The molecule has 3 aromatic rings. The second-order valence-corrected chi connectivity index (χ2v) is 5.24. The number of aromatic nitrogens is 1. The SMILES string of the molecule is COc1ccc(C(=O)NN=C(c2ccccc2)c2cccnc2)cc1. The zero-order chi connectivity index (χ0) is 17.5. The Morgan fingerprint density at radius 1 is 0.920 bits per heavy atom. The summed E-state index contributed by atoms with van der Waals surface area (Å²) in [6.45, 7) is 0. The molecule has 1 N–H and O–H groups in total. The summed E-state index contributed by atoms with van der Waals surface area (Å²) in [7, 11) is 1.58. The van der Waals surface area contributed by atoms with E-state index in [0.717, 1.165) is 11.1 Å². The molecule has 3 rings (SSSR count). The van der Waals surface area contributed by atoms with Gasteiger partial charge in [0.2, 0.25) is 0 Å². The van der Waals surface area contributed by atoms with Gasteiger partial charge < -0.3 is 4.74 Å². The molecule has 0 atom stereocenters. The van der Waals surface area contributed by atoms with Crippen LogP contribution >= 0.6 is 0 Å². The molecule has 0 unspecified atom stereocenters. The van der Waals surface area contributed by atoms with E-state index in [-0.39, 0.29) is 5.91 Å². The van der Waals surface area contributed by atoms with Crippen molar-refractivity contribution in [1.82, 2.24) is 10.4 Å². The Kier molecular flexibility index (Phi) is 5.16. The lowest BCUT2D eigenvalue weighted by atomic mass is 10.0. The van der Waals surface area contributed by atoms with E-state index in [9.17, 15) is 4.79 Å². The van der Waals surface area contributed by atoms with Crippen LogP contribution in [0.4, 0.5) is 0 Å². The van der Waals surface area contributed by atoms with Gasteiger partial charge in [-0.2, -0.15) is 5.10 Å². The molecular weight excluding hydrogens is 314 g/mol. The van der Waals surface area contributed by atoms with Gasteiger partial charge in [-0.05, 0) is 36.4 Å². The van der Waals surface area contributed by atoms with Crippen molar-refractivity contribution in [2.24, 2.45) is 5.10 Å². The predicted octanol–water partition coefficient (Wildman–Crippen LogP) is 3.27. The molecule has 124 valence electrons. The Bertz CT molecular complexity index is 819. The molecule has 0 aliphatic rings. The highest BCUT2D eigenvalue weighted by atomic mass is 16.5. The molecule has 5 nitrogen and oxygen atoms in total. The molecule has 5 heteroatoms. The average Bonchev–Trinajstić information content (AvgIpc) is 2.70. The number of carbonyl (C=O) groups is 1. The monoisotopic (exact) mass is 331 g/mol. The number of hydrogen-bond donors (Lipinski definition) is 1. The van der Waals surface area contributed by atoms with Gasteiger partial charge in [-0.3, -0.25) is 9.78 Å². The Labute approximate surface area is 146 Å². The Morgan fingerprint density at radius 2 is 1.64 bits per heavy atom. The third-order valence-corrected chi connectivity index (χ3v) is 3.60. The van der Waals surface area contributed by atoms with Crippen molar-refractivity contribution >= 4 is 11.6 Å². The van der Waals surface area contributed by atoms with Crippen molar-refractivity contribution in [3.8, 4) is 5.75 Å². The lowest BCUT2D eigenvalue weighted by molar-refractivity contribution is 0.0955. The van der Waals surface area contributed by atoms with E-state index in [4.69, 9.17) is 4.74 Å². The van der Waals surface area contributed by atoms with Gasteiger partial charge in [0.15, 0.2) is 0 Å². The topological polar surface area (TPSA) is 63.6 Å². The highest BCUT2D eigenvalue weighted by molar-refractivity contribution is 6.13. The molecular formula is C20H17N3O2. The number of amides is 1. The normalized spacial score (nSPS) is 11.0. The minimum atomic E-state index is -0.292. The van der Waals surface area contributed by atoms with Gasteiger partial charge in [0.05, 0.1) is 12.8 Å². The first-order valence-corrected chi connectivity index (χ1v) is 7.76. The number of nitrogens with zero attached hydrogens (tertiary/aromatic N) is 2. The predicted molar refractivity (Wildman–Crippen MR) is 96.8 cm³/mol. The summed E-state index contributed by atoms with van der Waals surface area (Å²) < 4.78 is 5.10. The lowest BCUT2D eigenvalue weighted by Crippen LogP contribution is -2.20. The van der Waals surface area contributed by atoms with Gasteiger partial charge >= 0.3 is 0 Å². The highest BCUT2D eigenvalue weighted by Crippen LogP contribution is 2.12. The Hall–Kier alpha value is -3.47. The first-order chi connectivity index (χ1) is 12.3. The molecule has 0 spiro atoms. The van der Waals surface area contributed by atoms with Gasteiger partial charge in [0.1, 0.15) is 5.75 Å². The first-order valence-electron chi connectivity index (χ1n) is 7.76. The van der Waals surface area contributed by atoms with Crippen LogP contribution < -0.4 is 10.2 Å². The number of hydrazone groups is 1. The van der Waals surface area contributed by atoms with Crippen molar-refractivity contribution < 1.29 is 9.53 Å². The molecule has 1 aromatic heterocycles. The van der Waals surface area contributed by atoms with E-state index in [1.165, 1.54) is 0 Å². The quantitative estimate of drug-likeness (QED) is 0.576. The number of nitrogens with one attached hydrogen (secondary N) is 1. The van der Waals surface area contributed by atoms with Crippen LogP contribution in [0, 0.1) is 0 Å². The van der Waals surface area contributed by atoms with E-state index in [1.807, 2.05) is 42.5 Å². The summed E-state index contributed by atoms with van der Waals surface area (Å²) in [5.74, 6) is 0.403. The van der Waals surface area contributed by atoms with Crippen molar-refractivity contribution in [3.05, 3.63) is 95.8 Å². The van der Waals surface area contributed by atoms with E-state index in [1.54, 1.807) is 43.8 Å². The molecule has 25 heavy (non-hydrogen) atoms. The molecule has 0 fully saturated rings. The van der Waals surface area contributed by atoms with E-state index >= 15 is 0 Å². The number of ether oxygens (including phenoxy) is 1. The molecule has 0 saturated carbocycles. The zero-order valence-electron chi connectivity index (χ0n) is 13.7. The van der Waals surface area contributed by atoms with Crippen molar-refractivity contribution in [3.63, 3.8) is 0 Å². The van der Waals surface area contributed by atoms with E-state index < -0.39 is 0 Å². The minimum Gasteiger partial charge on any atom is -0.497 e. The number of rotatable bonds is 5.